The van der Waals surface area contributed by atoms with Crippen LogP contribution in [0, 0.1) is 0 Å². The molecule has 0 atom stereocenters. The third-order valence-corrected chi connectivity index (χ3v) is 6.11. The highest BCUT2D eigenvalue weighted by Crippen LogP contribution is 2.23. The van der Waals surface area contributed by atoms with Crippen molar-refractivity contribution < 1.29 is 14.3 Å². The Morgan fingerprint density at radius 3 is 2.27 bits per heavy atom. The first-order valence-electron chi connectivity index (χ1n) is 10.9. The van der Waals surface area contributed by atoms with Gasteiger partial charge in [-0.25, -0.2) is 0 Å². The largest absolute Gasteiger partial charge is 0.497 e. The number of nitrogens with zero attached hydrogens (tertiary/aromatic N) is 3. The summed E-state index contributed by atoms with van der Waals surface area (Å²) in [6.45, 7) is 4.61. The lowest BCUT2D eigenvalue weighted by Gasteiger charge is -2.37. The number of hydrogen-bond donors (Lipinski definition) is 0. The molecule has 6 heteroatoms. The third kappa shape index (κ3) is 5.37. The average molecular weight is 410 g/mol. The van der Waals surface area contributed by atoms with Crippen LogP contribution in [-0.4, -0.2) is 66.2 Å². The number of pyridine rings is 1. The van der Waals surface area contributed by atoms with Crippen molar-refractivity contribution >= 4 is 5.91 Å². The van der Waals surface area contributed by atoms with Gasteiger partial charge in [0.2, 0.25) is 0 Å². The molecule has 2 fully saturated rings. The van der Waals surface area contributed by atoms with Crippen LogP contribution in [0.15, 0.2) is 48.8 Å². The molecule has 4 rings (SSSR count). The van der Waals surface area contributed by atoms with Crippen LogP contribution in [0.1, 0.15) is 41.6 Å². The van der Waals surface area contributed by atoms with Gasteiger partial charge in [0.05, 0.1) is 19.3 Å². The highest BCUT2D eigenvalue weighted by molar-refractivity contribution is 5.94. The number of carbonyl (C=O) groups excluding carboxylic acids is 1. The van der Waals surface area contributed by atoms with Crippen LogP contribution < -0.4 is 4.74 Å². The molecule has 0 radical (unpaired) electrons. The minimum Gasteiger partial charge on any atom is -0.497 e. The number of amides is 1. The van der Waals surface area contributed by atoms with Crippen LogP contribution in [0.4, 0.5) is 0 Å². The van der Waals surface area contributed by atoms with Gasteiger partial charge in [-0.05, 0) is 61.6 Å². The molecule has 2 aliphatic heterocycles. The van der Waals surface area contributed by atoms with E-state index in [-0.39, 0.29) is 12.0 Å². The van der Waals surface area contributed by atoms with E-state index in [9.17, 15) is 4.79 Å². The van der Waals surface area contributed by atoms with Crippen LogP contribution in [0.3, 0.4) is 0 Å². The monoisotopic (exact) mass is 409 g/mol. The summed E-state index contributed by atoms with van der Waals surface area (Å²) in [6.07, 6.45) is 8.35. The predicted octanol–water partition coefficient (Wildman–Crippen LogP) is 3.38. The van der Waals surface area contributed by atoms with Gasteiger partial charge < -0.3 is 14.4 Å². The molecule has 2 aliphatic rings. The van der Waals surface area contributed by atoms with Gasteiger partial charge in [-0.2, -0.15) is 0 Å². The second-order valence-corrected chi connectivity index (χ2v) is 8.19. The van der Waals surface area contributed by atoms with Gasteiger partial charge in [0.15, 0.2) is 0 Å². The van der Waals surface area contributed by atoms with Crippen molar-refractivity contribution in [1.82, 2.24) is 14.8 Å². The molecule has 30 heavy (non-hydrogen) atoms. The Balaban J connectivity index is 1.18. The van der Waals surface area contributed by atoms with Crippen molar-refractivity contribution in [1.29, 1.82) is 0 Å². The molecule has 0 bridgehead atoms. The molecule has 2 aromatic rings. The van der Waals surface area contributed by atoms with E-state index in [1.54, 1.807) is 7.11 Å². The first kappa shape index (κ1) is 20.8. The summed E-state index contributed by atoms with van der Waals surface area (Å²) in [7, 11) is 1.63. The number of piperidine rings is 2. The number of rotatable bonds is 6. The number of carbonyl (C=O) groups is 1. The van der Waals surface area contributed by atoms with Crippen LogP contribution in [-0.2, 0) is 11.3 Å². The Bertz CT molecular complexity index is 796. The van der Waals surface area contributed by atoms with E-state index in [0.29, 0.717) is 6.10 Å². The molecule has 2 saturated heterocycles. The Morgan fingerprint density at radius 1 is 1.00 bits per heavy atom. The van der Waals surface area contributed by atoms with Crippen LogP contribution >= 0.6 is 0 Å². The summed E-state index contributed by atoms with van der Waals surface area (Å²) < 4.78 is 11.6. The summed E-state index contributed by atoms with van der Waals surface area (Å²) in [5, 5.41) is 0. The van der Waals surface area contributed by atoms with Crippen LogP contribution in [0.2, 0.25) is 0 Å². The van der Waals surface area contributed by atoms with Crippen molar-refractivity contribution in [2.45, 2.75) is 44.4 Å². The second kappa shape index (κ2) is 10.0. The summed E-state index contributed by atoms with van der Waals surface area (Å²) in [6, 6.07) is 11.5. The van der Waals surface area contributed by atoms with Crippen LogP contribution in [0.25, 0.3) is 0 Å². The van der Waals surface area contributed by atoms with E-state index >= 15 is 0 Å². The Hall–Kier alpha value is -2.44. The van der Waals surface area contributed by atoms with E-state index in [0.717, 1.165) is 69.7 Å². The van der Waals surface area contributed by atoms with E-state index in [4.69, 9.17) is 9.47 Å². The fraction of sp³-hybridized carbons (Fsp3) is 0.500. The van der Waals surface area contributed by atoms with Crippen molar-refractivity contribution in [2.24, 2.45) is 0 Å². The standard InChI is InChI=1S/C24H31N3O3/c1-29-21-6-4-20(5-7-21)24(28)27-15-10-23(11-16-27)30-22-8-13-26(14-9-22)18-19-3-2-12-25-17-19/h2-7,12,17,22-23H,8-11,13-16,18H2,1H3. The fourth-order valence-corrected chi connectivity index (χ4v) is 4.34. The van der Waals surface area contributed by atoms with E-state index < -0.39 is 0 Å². The summed E-state index contributed by atoms with van der Waals surface area (Å²) in [5.74, 6) is 0.866. The smallest absolute Gasteiger partial charge is 0.253 e. The molecule has 0 saturated carbocycles. The van der Waals surface area contributed by atoms with Crippen LogP contribution in [0.5, 0.6) is 5.75 Å². The molecular weight excluding hydrogens is 378 g/mol. The number of aromatic nitrogens is 1. The summed E-state index contributed by atoms with van der Waals surface area (Å²) in [4.78, 5) is 21.3. The van der Waals surface area contributed by atoms with Gasteiger partial charge >= 0.3 is 0 Å². The average Bonchev–Trinajstić information content (AvgIpc) is 2.81. The lowest BCUT2D eigenvalue weighted by Crippen LogP contribution is -2.43. The summed E-state index contributed by atoms with van der Waals surface area (Å²) in [5.41, 5.74) is 1.99. The molecule has 0 spiro atoms. The van der Waals surface area contributed by atoms with Gasteiger partial charge in [0.25, 0.3) is 5.91 Å². The first-order chi connectivity index (χ1) is 14.7. The minimum atomic E-state index is 0.0970. The number of likely N-dealkylation sites (tertiary alicyclic amines) is 2. The van der Waals surface area contributed by atoms with E-state index in [1.807, 2.05) is 47.6 Å². The third-order valence-electron chi connectivity index (χ3n) is 6.11. The van der Waals surface area contributed by atoms with E-state index in [1.165, 1.54) is 5.56 Å². The molecular formula is C24H31N3O3. The zero-order chi connectivity index (χ0) is 20.8. The molecule has 0 unspecified atom stereocenters. The number of ether oxygens (including phenoxy) is 2. The van der Waals surface area contributed by atoms with Gasteiger partial charge in [-0.15, -0.1) is 0 Å². The highest BCUT2D eigenvalue weighted by atomic mass is 16.5. The predicted molar refractivity (Wildman–Crippen MR) is 116 cm³/mol. The second-order valence-electron chi connectivity index (χ2n) is 8.19. The highest BCUT2D eigenvalue weighted by Gasteiger charge is 2.28. The van der Waals surface area contributed by atoms with Crippen molar-refractivity contribution in [3.05, 3.63) is 59.9 Å². The number of hydrogen-bond acceptors (Lipinski definition) is 5. The Kier molecular flexibility index (Phi) is 6.97. The number of benzene rings is 1. The normalized spacial score (nSPS) is 19.0. The molecule has 0 aliphatic carbocycles. The lowest BCUT2D eigenvalue weighted by molar-refractivity contribution is -0.0629. The maximum Gasteiger partial charge on any atom is 0.253 e. The zero-order valence-corrected chi connectivity index (χ0v) is 17.7. The Labute approximate surface area is 178 Å². The molecule has 1 aromatic carbocycles. The summed E-state index contributed by atoms with van der Waals surface area (Å²) >= 11 is 0. The van der Waals surface area contributed by atoms with E-state index in [2.05, 4.69) is 16.0 Å². The Morgan fingerprint density at radius 2 is 1.67 bits per heavy atom. The van der Waals surface area contributed by atoms with Crippen molar-refractivity contribution in [3.63, 3.8) is 0 Å². The molecule has 1 aromatic heterocycles. The molecule has 1 amide bonds. The van der Waals surface area contributed by atoms with Crippen molar-refractivity contribution in [2.75, 3.05) is 33.3 Å². The first-order valence-corrected chi connectivity index (χ1v) is 10.9. The fourth-order valence-electron chi connectivity index (χ4n) is 4.34. The maximum absolute atomic E-state index is 12.7. The maximum atomic E-state index is 12.7. The molecule has 160 valence electrons. The van der Waals surface area contributed by atoms with Crippen molar-refractivity contribution in [3.8, 4) is 5.75 Å². The lowest BCUT2D eigenvalue weighted by atomic mass is 10.0. The topological polar surface area (TPSA) is 54.9 Å². The zero-order valence-electron chi connectivity index (χ0n) is 17.7. The molecule has 0 N–H and O–H groups in total. The van der Waals surface area contributed by atoms with Gasteiger partial charge in [-0.3, -0.25) is 14.7 Å². The van der Waals surface area contributed by atoms with Gasteiger partial charge in [0, 0.05) is 50.7 Å². The van der Waals surface area contributed by atoms with Gasteiger partial charge in [0.1, 0.15) is 5.75 Å². The quantitative estimate of drug-likeness (QED) is 0.732. The SMILES string of the molecule is COc1ccc(C(=O)N2CCC(OC3CCN(Cc4cccnc4)CC3)CC2)cc1. The number of methoxy groups -OCH3 is 1. The molecule has 3 heterocycles. The van der Waals surface area contributed by atoms with Gasteiger partial charge in [-0.1, -0.05) is 6.07 Å². The minimum absolute atomic E-state index is 0.0970. The molecule has 6 nitrogen and oxygen atoms in total.